The largest absolute Gasteiger partial charge is 0.481 e. The van der Waals surface area contributed by atoms with Crippen molar-refractivity contribution < 1.29 is 4.74 Å². The van der Waals surface area contributed by atoms with Crippen LogP contribution >= 0.6 is 11.6 Å². The van der Waals surface area contributed by atoms with Gasteiger partial charge in [-0.15, -0.1) is 11.6 Å². The van der Waals surface area contributed by atoms with Crippen molar-refractivity contribution in [3.63, 3.8) is 0 Å². The highest BCUT2D eigenvalue weighted by Gasteiger charge is 2.21. The molecule has 3 nitrogen and oxygen atoms in total. The highest BCUT2D eigenvalue weighted by atomic mass is 35.5. The molecule has 0 amide bonds. The van der Waals surface area contributed by atoms with Gasteiger partial charge in [0.25, 0.3) is 0 Å². The minimum atomic E-state index is 0.485. The van der Waals surface area contributed by atoms with E-state index in [9.17, 15) is 0 Å². The maximum atomic E-state index is 6.10. The number of halogens is 1. The van der Waals surface area contributed by atoms with E-state index in [1.807, 2.05) is 6.07 Å². The normalized spacial score (nSPS) is 21.6. The molecule has 2 heterocycles. The minimum Gasteiger partial charge on any atom is -0.481 e. The van der Waals surface area contributed by atoms with Crippen molar-refractivity contribution in [1.82, 2.24) is 9.88 Å². The standard InChI is InChI=1S/C14H21ClN2O/c1-18-14-12(6-5-8-16-14)11-17-9-4-2-3-7-13(17)10-15/h5-6,8,13H,2-4,7,9-11H2,1H3. The molecule has 0 saturated carbocycles. The van der Waals surface area contributed by atoms with Gasteiger partial charge in [0, 0.05) is 30.2 Å². The summed E-state index contributed by atoms with van der Waals surface area (Å²) in [5.74, 6) is 1.44. The fourth-order valence-electron chi connectivity index (χ4n) is 2.57. The molecular formula is C14H21ClN2O. The lowest BCUT2D eigenvalue weighted by molar-refractivity contribution is 0.204. The average molecular weight is 269 g/mol. The number of nitrogens with zero attached hydrogens (tertiary/aromatic N) is 2. The quantitative estimate of drug-likeness (QED) is 0.785. The van der Waals surface area contributed by atoms with Gasteiger partial charge in [0.05, 0.1) is 7.11 Å². The molecule has 1 fully saturated rings. The first-order valence-electron chi connectivity index (χ1n) is 6.63. The third kappa shape index (κ3) is 3.36. The number of ether oxygens (including phenoxy) is 1. The Morgan fingerprint density at radius 3 is 3.11 bits per heavy atom. The van der Waals surface area contributed by atoms with Gasteiger partial charge in [-0.1, -0.05) is 18.9 Å². The molecule has 4 heteroatoms. The molecule has 0 radical (unpaired) electrons. The van der Waals surface area contributed by atoms with Gasteiger partial charge in [-0.05, 0) is 25.5 Å². The Balaban J connectivity index is 2.10. The molecule has 1 atom stereocenters. The van der Waals surface area contributed by atoms with Gasteiger partial charge in [0.2, 0.25) is 5.88 Å². The van der Waals surface area contributed by atoms with Crippen molar-refractivity contribution in [2.24, 2.45) is 0 Å². The minimum absolute atomic E-state index is 0.485. The zero-order valence-corrected chi connectivity index (χ0v) is 11.7. The van der Waals surface area contributed by atoms with Crippen LogP contribution in [0.1, 0.15) is 31.2 Å². The summed E-state index contributed by atoms with van der Waals surface area (Å²) in [5.41, 5.74) is 1.15. The van der Waals surface area contributed by atoms with Gasteiger partial charge >= 0.3 is 0 Å². The Morgan fingerprint density at radius 2 is 2.33 bits per heavy atom. The maximum Gasteiger partial charge on any atom is 0.217 e. The summed E-state index contributed by atoms with van der Waals surface area (Å²) in [6.07, 6.45) is 6.83. The molecule has 1 saturated heterocycles. The molecule has 2 rings (SSSR count). The molecule has 1 aromatic rings. The van der Waals surface area contributed by atoms with Crippen molar-refractivity contribution in [1.29, 1.82) is 0 Å². The second-order valence-corrected chi connectivity index (χ2v) is 5.11. The summed E-state index contributed by atoms with van der Waals surface area (Å²) in [6.45, 7) is 2.00. The summed E-state index contributed by atoms with van der Waals surface area (Å²) in [7, 11) is 1.67. The molecule has 0 N–H and O–H groups in total. The molecule has 0 bridgehead atoms. The van der Waals surface area contributed by atoms with E-state index in [1.54, 1.807) is 13.3 Å². The van der Waals surface area contributed by atoms with Crippen LogP contribution in [0, 0.1) is 0 Å². The molecule has 1 aliphatic heterocycles. The summed E-state index contributed by atoms with van der Waals surface area (Å²) in [6, 6.07) is 4.53. The van der Waals surface area contributed by atoms with Gasteiger partial charge in [-0.3, -0.25) is 4.90 Å². The van der Waals surface area contributed by atoms with E-state index in [0.717, 1.165) is 24.5 Å². The predicted molar refractivity (Wildman–Crippen MR) is 74.2 cm³/mol. The number of hydrogen-bond acceptors (Lipinski definition) is 3. The Hall–Kier alpha value is -0.800. The van der Waals surface area contributed by atoms with Crippen LogP contribution in [0.4, 0.5) is 0 Å². The van der Waals surface area contributed by atoms with Crippen LogP contribution in [0.25, 0.3) is 0 Å². The van der Waals surface area contributed by atoms with Crippen molar-refractivity contribution in [2.75, 3.05) is 19.5 Å². The number of methoxy groups -OCH3 is 1. The highest BCUT2D eigenvalue weighted by Crippen LogP contribution is 2.23. The van der Waals surface area contributed by atoms with Gasteiger partial charge < -0.3 is 4.74 Å². The van der Waals surface area contributed by atoms with E-state index in [0.29, 0.717) is 11.9 Å². The second kappa shape index (κ2) is 6.95. The Kier molecular flexibility index (Phi) is 5.26. The van der Waals surface area contributed by atoms with E-state index in [4.69, 9.17) is 16.3 Å². The molecule has 18 heavy (non-hydrogen) atoms. The van der Waals surface area contributed by atoms with Crippen molar-refractivity contribution >= 4 is 11.6 Å². The van der Waals surface area contributed by atoms with Crippen molar-refractivity contribution in [3.05, 3.63) is 23.9 Å². The van der Waals surface area contributed by atoms with E-state index < -0.39 is 0 Å². The smallest absolute Gasteiger partial charge is 0.217 e. The Morgan fingerprint density at radius 1 is 1.44 bits per heavy atom. The number of rotatable bonds is 4. The molecule has 0 aliphatic carbocycles. The second-order valence-electron chi connectivity index (χ2n) is 4.80. The number of likely N-dealkylation sites (tertiary alicyclic amines) is 1. The SMILES string of the molecule is COc1ncccc1CN1CCCCCC1CCl. The van der Waals surface area contributed by atoms with Gasteiger partial charge in [0.15, 0.2) is 0 Å². The highest BCUT2D eigenvalue weighted by molar-refractivity contribution is 6.18. The third-order valence-corrected chi connectivity index (χ3v) is 3.95. The first kappa shape index (κ1) is 13.6. The van der Waals surface area contributed by atoms with Crippen LogP contribution in [0.5, 0.6) is 5.88 Å². The lowest BCUT2D eigenvalue weighted by Crippen LogP contribution is -2.35. The first-order chi connectivity index (χ1) is 8.85. The topological polar surface area (TPSA) is 25.4 Å². The number of hydrogen-bond donors (Lipinski definition) is 0. The third-order valence-electron chi connectivity index (χ3n) is 3.59. The van der Waals surface area contributed by atoms with Crippen LogP contribution in [0.2, 0.25) is 0 Å². The zero-order chi connectivity index (χ0) is 12.8. The van der Waals surface area contributed by atoms with Crippen LogP contribution in [-0.4, -0.2) is 35.5 Å². The lowest BCUT2D eigenvalue weighted by Gasteiger charge is -2.28. The molecule has 100 valence electrons. The zero-order valence-electron chi connectivity index (χ0n) is 10.9. The summed E-state index contributed by atoms with van der Waals surface area (Å²) in [5, 5.41) is 0. The Bertz CT molecular complexity index is 373. The number of pyridine rings is 1. The molecular weight excluding hydrogens is 248 g/mol. The van der Waals surface area contributed by atoms with E-state index in [1.165, 1.54) is 25.7 Å². The summed E-state index contributed by atoms with van der Waals surface area (Å²) >= 11 is 6.10. The monoisotopic (exact) mass is 268 g/mol. The Labute approximate surface area is 114 Å². The van der Waals surface area contributed by atoms with E-state index in [2.05, 4.69) is 16.0 Å². The fourth-order valence-corrected chi connectivity index (χ4v) is 2.92. The number of aromatic nitrogens is 1. The first-order valence-corrected chi connectivity index (χ1v) is 7.16. The van der Waals surface area contributed by atoms with Crippen LogP contribution in [-0.2, 0) is 6.54 Å². The van der Waals surface area contributed by atoms with Crippen LogP contribution < -0.4 is 4.74 Å². The lowest BCUT2D eigenvalue weighted by atomic mass is 10.1. The van der Waals surface area contributed by atoms with Gasteiger partial charge in [-0.2, -0.15) is 0 Å². The molecule has 1 aromatic heterocycles. The van der Waals surface area contributed by atoms with E-state index >= 15 is 0 Å². The summed E-state index contributed by atoms with van der Waals surface area (Å²) in [4.78, 5) is 6.73. The van der Waals surface area contributed by atoms with Crippen molar-refractivity contribution in [3.8, 4) is 5.88 Å². The van der Waals surface area contributed by atoms with Crippen LogP contribution in [0.15, 0.2) is 18.3 Å². The molecule has 1 unspecified atom stereocenters. The number of alkyl halides is 1. The van der Waals surface area contributed by atoms with Gasteiger partial charge in [-0.25, -0.2) is 4.98 Å². The molecule has 0 spiro atoms. The maximum absolute atomic E-state index is 6.10. The van der Waals surface area contributed by atoms with Crippen molar-refractivity contribution in [2.45, 2.75) is 38.3 Å². The van der Waals surface area contributed by atoms with Gasteiger partial charge in [0.1, 0.15) is 0 Å². The summed E-state index contributed by atoms with van der Waals surface area (Å²) < 4.78 is 5.32. The molecule has 1 aliphatic rings. The average Bonchev–Trinajstić information content (AvgIpc) is 2.64. The fraction of sp³-hybridized carbons (Fsp3) is 0.643. The predicted octanol–water partition coefficient (Wildman–Crippen LogP) is 3.07. The van der Waals surface area contributed by atoms with E-state index in [-0.39, 0.29) is 0 Å². The molecule has 0 aromatic carbocycles. The van der Waals surface area contributed by atoms with Crippen LogP contribution in [0.3, 0.4) is 0 Å².